The Balaban J connectivity index is 2.06. The topological polar surface area (TPSA) is 69.2 Å². The molecule has 2 N–H and O–H groups in total. The standard InChI is InChI=1S/C11H13N3O2/c1-14(11(15)16)5-4-8-2-3-9-10(6-8)13-7-12-9/h2-3,6-7H,4-5H2,1H3,(H,12,13)(H,15,16). The second kappa shape index (κ2) is 4.22. The van der Waals surface area contributed by atoms with E-state index in [0.717, 1.165) is 16.6 Å². The smallest absolute Gasteiger partial charge is 0.407 e. The summed E-state index contributed by atoms with van der Waals surface area (Å²) in [6.45, 7) is 0.495. The van der Waals surface area contributed by atoms with Gasteiger partial charge in [-0.15, -0.1) is 0 Å². The molecular formula is C11H13N3O2. The molecule has 0 aliphatic carbocycles. The average Bonchev–Trinajstić information content (AvgIpc) is 2.72. The summed E-state index contributed by atoms with van der Waals surface area (Å²) in [5.41, 5.74) is 3.01. The summed E-state index contributed by atoms with van der Waals surface area (Å²) in [6, 6.07) is 5.90. The van der Waals surface area contributed by atoms with Gasteiger partial charge < -0.3 is 15.0 Å². The first kappa shape index (κ1) is 10.5. The number of imidazole rings is 1. The van der Waals surface area contributed by atoms with Crippen LogP contribution < -0.4 is 0 Å². The molecule has 0 bridgehead atoms. The number of nitrogens with one attached hydrogen (secondary N) is 1. The predicted octanol–water partition coefficient (Wildman–Crippen LogP) is 1.72. The third-order valence-electron chi connectivity index (χ3n) is 2.55. The number of hydrogen-bond donors (Lipinski definition) is 2. The molecule has 2 rings (SSSR count). The molecule has 0 aliphatic heterocycles. The monoisotopic (exact) mass is 219 g/mol. The number of H-pyrrole nitrogens is 1. The third kappa shape index (κ3) is 2.13. The van der Waals surface area contributed by atoms with Crippen LogP contribution in [0.2, 0.25) is 0 Å². The van der Waals surface area contributed by atoms with Crippen molar-refractivity contribution in [3.63, 3.8) is 0 Å². The summed E-state index contributed by atoms with van der Waals surface area (Å²) in [7, 11) is 1.57. The van der Waals surface area contributed by atoms with Gasteiger partial charge in [0, 0.05) is 13.6 Å². The zero-order chi connectivity index (χ0) is 11.5. The number of carbonyl (C=O) groups is 1. The molecular weight excluding hydrogens is 206 g/mol. The molecule has 1 amide bonds. The van der Waals surface area contributed by atoms with Crippen molar-refractivity contribution < 1.29 is 9.90 Å². The molecule has 1 aromatic carbocycles. The zero-order valence-corrected chi connectivity index (χ0v) is 8.97. The van der Waals surface area contributed by atoms with Crippen LogP contribution in [-0.2, 0) is 6.42 Å². The lowest BCUT2D eigenvalue weighted by molar-refractivity contribution is 0.156. The first-order valence-corrected chi connectivity index (χ1v) is 5.03. The van der Waals surface area contributed by atoms with Crippen molar-refractivity contribution in [2.24, 2.45) is 0 Å². The molecule has 0 saturated carbocycles. The van der Waals surface area contributed by atoms with E-state index in [0.29, 0.717) is 13.0 Å². The van der Waals surface area contributed by atoms with Gasteiger partial charge in [0.2, 0.25) is 0 Å². The summed E-state index contributed by atoms with van der Waals surface area (Å²) in [5.74, 6) is 0. The number of benzene rings is 1. The minimum Gasteiger partial charge on any atom is -0.465 e. The molecule has 0 spiro atoms. The summed E-state index contributed by atoms with van der Waals surface area (Å²) in [5, 5.41) is 8.71. The first-order chi connectivity index (χ1) is 7.66. The van der Waals surface area contributed by atoms with Crippen molar-refractivity contribution in [3.8, 4) is 0 Å². The lowest BCUT2D eigenvalue weighted by atomic mass is 10.1. The van der Waals surface area contributed by atoms with Crippen molar-refractivity contribution in [2.45, 2.75) is 6.42 Å². The van der Waals surface area contributed by atoms with Crippen LogP contribution in [0.4, 0.5) is 4.79 Å². The normalized spacial score (nSPS) is 10.6. The molecule has 5 heteroatoms. The summed E-state index contributed by atoms with van der Waals surface area (Å²) < 4.78 is 0. The number of aromatic amines is 1. The molecule has 2 aromatic rings. The van der Waals surface area contributed by atoms with Gasteiger partial charge in [0.05, 0.1) is 17.4 Å². The Bertz CT molecular complexity index is 507. The Morgan fingerprint density at radius 1 is 1.56 bits per heavy atom. The van der Waals surface area contributed by atoms with Gasteiger partial charge in [-0.2, -0.15) is 0 Å². The summed E-state index contributed by atoms with van der Waals surface area (Å²) >= 11 is 0. The Morgan fingerprint density at radius 3 is 3.12 bits per heavy atom. The molecule has 0 unspecified atom stereocenters. The van der Waals surface area contributed by atoms with E-state index >= 15 is 0 Å². The maximum absolute atomic E-state index is 10.6. The second-order valence-electron chi connectivity index (χ2n) is 3.71. The van der Waals surface area contributed by atoms with Gasteiger partial charge in [-0.1, -0.05) is 6.07 Å². The fraction of sp³-hybridized carbons (Fsp3) is 0.273. The van der Waals surface area contributed by atoms with Gasteiger partial charge in [-0.25, -0.2) is 9.78 Å². The molecule has 16 heavy (non-hydrogen) atoms. The van der Waals surface area contributed by atoms with Gasteiger partial charge >= 0.3 is 6.09 Å². The Morgan fingerprint density at radius 2 is 2.38 bits per heavy atom. The first-order valence-electron chi connectivity index (χ1n) is 5.03. The number of nitrogens with zero attached hydrogens (tertiary/aromatic N) is 2. The van der Waals surface area contributed by atoms with Crippen molar-refractivity contribution in [1.29, 1.82) is 0 Å². The molecule has 5 nitrogen and oxygen atoms in total. The van der Waals surface area contributed by atoms with Crippen molar-refractivity contribution in [2.75, 3.05) is 13.6 Å². The van der Waals surface area contributed by atoms with Crippen LogP contribution in [0.15, 0.2) is 24.5 Å². The molecule has 0 aliphatic rings. The number of aromatic nitrogens is 2. The number of hydrogen-bond acceptors (Lipinski definition) is 2. The number of amides is 1. The zero-order valence-electron chi connectivity index (χ0n) is 8.97. The van der Waals surface area contributed by atoms with Crippen molar-refractivity contribution in [3.05, 3.63) is 30.1 Å². The largest absolute Gasteiger partial charge is 0.465 e. The van der Waals surface area contributed by atoms with Gasteiger partial charge in [-0.3, -0.25) is 0 Å². The highest BCUT2D eigenvalue weighted by molar-refractivity contribution is 5.75. The van der Waals surface area contributed by atoms with E-state index in [1.54, 1.807) is 13.4 Å². The van der Waals surface area contributed by atoms with Crippen LogP contribution in [0.1, 0.15) is 5.56 Å². The van der Waals surface area contributed by atoms with Gasteiger partial charge in [0.15, 0.2) is 0 Å². The molecule has 84 valence electrons. The van der Waals surface area contributed by atoms with Crippen LogP contribution in [0, 0.1) is 0 Å². The van der Waals surface area contributed by atoms with Crippen molar-refractivity contribution in [1.82, 2.24) is 14.9 Å². The van der Waals surface area contributed by atoms with Gasteiger partial charge in [0.1, 0.15) is 0 Å². The van der Waals surface area contributed by atoms with E-state index in [1.807, 2.05) is 18.2 Å². The fourth-order valence-corrected chi connectivity index (χ4v) is 1.53. The number of likely N-dealkylation sites (N-methyl/N-ethyl adjacent to an activating group) is 1. The fourth-order valence-electron chi connectivity index (χ4n) is 1.53. The third-order valence-corrected chi connectivity index (χ3v) is 2.55. The van der Waals surface area contributed by atoms with Gasteiger partial charge in [-0.05, 0) is 24.1 Å². The quantitative estimate of drug-likeness (QED) is 0.825. The maximum Gasteiger partial charge on any atom is 0.407 e. The van der Waals surface area contributed by atoms with Gasteiger partial charge in [0.25, 0.3) is 0 Å². The second-order valence-corrected chi connectivity index (χ2v) is 3.71. The highest BCUT2D eigenvalue weighted by Crippen LogP contribution is 2.12. The van der Waals surface area contributed by atoms with Crippen molar-refractivity contribution >= 4 is 17.1 Å². The Hall–Kier alpha value is -2.04. The molecule has 1 aromatic heterocycles. The Labute approximate surface area is 92.7 Å². The minimum absolute atomic E-state index is 0.495. The lowest BCUT2D eigenvalue weighted by Crippen LogP contribution is -2.26. The lowest BCUT2D eigenvalue weighted by Gasteiger charge is -2.12. The van der Waals surface area contributed by atoms with E-state index in [1.165, 1.54) is 4.90 Å². The number of carboxylic acid groups (broad SMARTS) is 1. The number of fused-ring (bicyclic) bond motifs is 1. The molecule has 0 atom stereocenters. The van der Waals surface area contributed by atoms with Crippen LogP contribution in [0.3, 0.4) is 0 Å². The molecule has 0 radical (unpaired) electrons. The highest BCUT2D eigenvalue weighted by atomic mass is 16.4. The minimum atomic E-state index is -0.900. The van der Waals surface area contributed by atoms with E-state index in [9.17, 15) is 4.79 Å². The highest BCUT2D eigenvalue weighted by Gasteiger charge is 2.05. The number of rotatable bonds is 3. The van der Waals surface area contributed by atoms with E-state index < -0.39 is 6.09 Å². The van der Waals surface area contributed by atoms with Crippen LogP contribution in [0.25, 0.3) is 11.0 Å². The molecule has 1 heterocycles. The molecule has 0 fully saturated rings. The van der Waals surface area contributed by atoms with E-state index in [-0.39, 0.29) is 0 Å². The van der Waals surface area contributed by atoms with Crippen LogP contribution >= 0.6 is 0 Å². The van der Waals surface area contributed by atoms with Crippen LogP contribution in [-0.4, -0.2) is 39.7 Å². The van der Waals surface area contributed by atoms with E-state index in [4.69, 9.17) is 5.11 Å². The maximum atomic E-state index is 10.6. The summed E-state index contributed by atoms with van der Waals surface area (Å²) in [6.07, 6.45) is 1.46. The average molecular weight is 219 g/mol. The molecule has 0 saturated heterocycles. The predicted molar refractivity (Wildman–Crippen MR) is 60.5 cm³/mol. The SMILES string of the molecule is CN(CCc1ccc2nc[nH]c2c1)C(=O)O. The summed E-state index contributed by atoms with van der Waals surface area (Å²) in [4.78, 5) is 19.0. The van der Waals surface area contributed by atoms with E-state index in [2.05, 4.69) is 9.97 Å². The Kier molecular flexibility index (Phi) is 2.76. The van der Waals surface area contributed by atoms with Crippen LogP contribution in [0.5, 0.6) is 0 Å².